The Kier molecular flexibility index (Phi) is 4.72. The Bertz CT molecular complexity index is 617. The van der Waals surface area contributed by atoms with E-state index in [9.17, 15) is 14.7 Å². The second-order valence-corrected chi connectivity index (χ2v) is 4.66. The minimum absolute atomic E-state index is 0.0638. The SMILES string of the molecule is COc1ccc([C@@H](CC(=O)c2ccccc2)C(=O)O)cc1. The summed E-state index contributed by atoms with van der Waals surface area (Å²) in [6.45, 7) is 0. The highest BCUT2D eigenvalue weighted by Gasteiger charge is 2.23. The van der Waals surface area contributed by atoms with Crippen LogP contribution in [0.5, 0.6) is 5.75 Å². The molecule has 2 aromatic carbocycles. The second-order valence-electron chi connectivity index (χ2n) is 4.66. The third-order valence-corrected chi connectivity index (χ3v) is 3.30. The monoisotopic (exact) mass is 284 g/mol. The van der Waals surface area contributed by atoms with E-state index in [1.54, 1.807) is 55.6 Å². The van der Waals surface area contributed by atoms with Crippen molar-refractivity contribution >= 4 is 11.8 Å². The van der Waals surface area contributed by atoms with Gasteiger partial charge in [0, 0.05) is 12.0 Å². The molecule has 2 rings (SSSR count). The summed E-state index contributed by atoms with van der Waals surface area (Å²) in [4.78, 5) is 23.6. The zero-order valence-electron chi connectivity index (χ0n) is 11.7. The number of Topliss-reactive ketones (excluding diaryl/α,β-unsaturated/α-hetero) is 1. The molecule has 0 saturated carbocycles. The molecule has 1 atom stereocenters. The van der Waals surface area contributed by atoms with E-state index >= 15 is 0 Å². The summed E-state index contributed by atoms with van der Waals surface area (Å²) in [7, 11) is 1.54. The van der Waals surface area contributed by atoms with Crippen molar-refractivity contribution in [2.75, 3.05) is 7.11 Å². The van der Waals surface area contributed by atoms with Gasteiger partial charge in [0.15, 0.2) is 5.78 Å². The largest absolute Gasteiger partial charge is 0.497 e. The molecule has 4 heteroatoms. The first-order valence-electron chi connectivity index (χ1n) is 6.57. The molecule has 0 amide bonds. The Morgan fingerprint density at radius 1 is 1.05 bits per heavy atom. The molecule has 0 fully saturated rings. The first kappa shape index (κ1) is 14.8. The molecule has 4 nitrogen and oxygen atoms in total. The maximum atomic E-state index is 12.2. The summed E-state index contributed by atoms with van der Waals surface area (Å²) in [5.74, 6) is -1.40. The molecule has 0 saturated heterocycles. The number of ketones is 1. The van der Waals surface area contributed by atoms with Gasteiger partial charge in [-0.05, 0) is 17.7 Å². The molecule has 2 aromatic rings. The van der Waals surface area contributed by atoms with Gasteiger partial charge in [-0.2, -0.15) is 0 Å². The van der Waals surface area contributed by atoms with E-state index in [-0.39, 0.29) is 12.2 Å². The number of aliphatic carboxylic acids is 1. The molecular weight excluding hydrogens is 268 g/mol. The lowest BCUT2D eigenvalue weighted by atomic mass is 9.91. The highest BCUT2D eigenvalue weighted by atomic mass is 16.5. The van der Waals surface area contributed by atoms with E-state index in [1.807, 2.05) is 6.07 Å². The Labute approximate surface area is 123 Å². The first-order chi connectivity index (χ1) is 10.1. The average molecular weight is 284 g/mol. The highest BCUT2D eigenvalue weighted by Crippen LogP contribution is 2.24. The summed E-state index contributed by atoms with van der Waals surface area (Å²) < 4.78 is 5.05. The maximum Gasteiger partial charge on any atom is 0.311 e. The van der Waals surface area contributed by atoms with Gasteiger partial charge in [-0.3, -0.25) is 9.59 Å². The summed E-state index contributed by atoms with van der Waals surface area (Å²) >= 11 is 0. The lowest BCUT2D eigenvalue weighted by Gasteiger charge is -2.12. The molecule has 0 spiro atoms. The lowest BCUT2D eigenvalue weighted by Crippen LogP contribution is -2.16. The number of rotatable bonds is 6. The predicted molar refractivity (Wildman–Crippen MR) is 78.8 cm³/mol. The van der Waals surface area contributed by atoms with Crippen LogP contribution in [0.25, 0.3) is 0 Å². The van der Waals surface area contributed by atoms with Crippen molar-refractivity contribution in [3.8, 4) is 5.75 Å². The predicted octanol–water partition coefficient (Wildman–Crippen LogP) is 3.14. The van der Waals surface area contributed by atoms with Gasteiger partial charge in [-0.25, -0.2) is 0 Å². The first-order valence-corrected chi connectivity index (χ1v) is 6.57. The molecule has 0 aliphatic heterocycles. The van der Waals surface area contributed by atoms with Crippen molar-refractivity contribution in [1.29, 1.82) is 0 Å². The van der Waals surface area contributed by atoms with Gasteiger partial charge >= 0.3 is 5.97 Å². The lowest BCUT2D eigenvalue weighted by molar-refractivity contribution is -0.138. The van der Waals surface area contributed by atoms with Crippen molar-refractivity contribution in [1.82, 2.24) is 0 Å². The van der Waals surface area contributed by atoms with Gasteiger partial charge in [0.2, 0.25) is 0 Å². The van der Waals surface area contributed by atoms with Crippen molar-refractivity contribution in [3.05, 3.63) is 65.7 Å². The van der Waals surface area contributed by atoms with E-state index in [4.69, 9.17) is 4.74 Å². The third-order valence-electron chi connectivity index (χ3n) is 3.30. The van der Waals surface area contributed by atoms with Crippen LogP contribution < -0.4 is 4.74 Å². The summed E-state index contributed by atoms with van der Waals surface area (Å²) in [6, 6.07) is 15.5. The van der Waals surface area contributed by atoms with Gasteiger partial charge in [0.05, 0.1) is 13.0 Å². The molecule has 0 aromatic heterocycles. The fourth-order valence-corrected chi connectivity index (χ4v) is 2.11. The van der Waals surface area contributed by atoms with Crippen LogP contribution in [0.15, 0.2) is 54.6 Å². The van der Waals surface area contributed by atoms with E-state index in [1.165, 1.54) is 0 Å². The number of carbonyl (C=O) groups is 2. The molecule has 0 heterocycles. The average Bonchev–Trinajstić information content (AvgIpc) is 2.53. The number of hydrogen-bond donors (Lipinski definition) is 1. The molecule has 0 radical (unpaired) electrons. The van der Waals surface area contributed by atoms with Crippen LogP contribution in [0.1, 0.15) is 28.3 Å². The minimum Gasteiger partial charge on any atom is -0.497 e. The summed E-state index contributed by atoms with van der Waals surface area (Å²) in [5, 5.41) is 9.37. The standard InChI is InChI=1S/C17H16O4/c1-21-14-9-7-12(8-10-14)15(17(19)20)11-16(18)13-5-3-2-4-6-13/h2-10,15H,11H2,1H3,(H,19,20)/t15-/m1/s1. The van der Waals surface area contributed by atoms with Gasteiger partial charge < -0.3 is 9.84 Å². The quantitative estimate of drug-likeness (QED) is 0.828. The van der Waals surface area contributed by atoms with Gasteiger partial charge in [0.1, 0.15) is 5.75 Å². The Hall–Kier alpha value is -2.62. The van der Waals surface area contributed by atoms with Crippen LogP contribution in [0.2, 0.25) is 0 Å². The van der Waals surface area contributed by atoms with Crippen LogP contribution in [-0.4, -0.2) is 24.0 Å². The van der Waals surface area contributed by atoms with E-state index in [0.29, 0.717) is 16.9 Å². The van der Waals surface area contributed by atoms with Crippen molar-refractivity contribution in [3.63, 3.8) is 0 Å². The number of benzene rings is 2. The van der Waals surface area contributed by atoms with E-state index < -0.39 is 11.9 Å². The molecule has 0 aliphatic carbocycles. The molecule has 1 N–H and O–H groups in total. The van der Waals surface area contributed by atoms with Crippen LogP contribution >= 0.6 is 0 Å². The normalized spacial score (nSPS) is 11.7. The van der Waals surface area contributed by atoms with Crippen LogP contribution in [-0.2, 0) is 4.79 Å². The summed E-state index contributed by atoms with van der Waals surface area (Å²) in [5.41, 5.74) is 1.12. The molecule has 0 aliphatic rings. The number of ether oxygens (including phenoxy) is 1. The second kappa shape index (κ2) is 6.70. The van der Waals surface area contributed by atoms with Crippen LogP contribution in [0.4, 0.5) is 0 Å². The Morgan fingerprint density at radius 3 is 2.19 bits per heavy atom. The zero-order valence-corrected chi connectivity index (χ0v) is 11.7. The van der Waals surface area contributed by atoms with Gasteiger partial charge in [-0.15, -0.1) is 0 Å². The fraction of sp³-hybridized carbons (Fsp3) is 0.176. The number of hydrogen-bond acceptors (Lipinski definition) is 3. The number of carboxylic acids is 1. The van der Waals surface area contributed by atoms with E-state index in [0.717, 1.165) is 0 Å². The number of methoxy groups -OCH3 is 1. The van der Waals surface area contributed by atoms with Gasteiger partial charge in [0.25, 0.3) is 0 Å². The minimum atomic E-state index is -1.01. The molecular formula is C17H16O4. The number of carboxylic acid groups (broad SMARTS) is 1. The Balaban J connectivity index is 2.19. The van der Waals surface area contributed by atoms with Gasteiger partial charge in [-0.1, -0.05) is 42.5 Å². The third kappa shape index (κ3) is 3.69. The highest BCUT2D eigenvalue weighted by molar-refractivity contribution is 5.99. The summed E-state index contributed by atoms with van der Waals surface area (Å²) in [6.07, 6.45) is -0.0638. The molecule has 0 unspecified atom stereocenters. The smallest absolute Gasteiger partial charge is 0.311 e. The molecule has 0 bridgehead atoms. The molecule has 21 heavy (non-hydrogen) atoms. The Morgan fingerprint density at radius 2 is 1.67 bits per heavy atom. The molecule has 108 valence electrons. The van der Waals surface area contributed by atoms with Crippen molar-refractivity contribution in [2.24, 2.45) is 0 Å². The maximum absolute atomic E-state index is 12.2. The van der Waals surface area contributed by atoms with Crippen molar-refractivity contribution < 1.29 is 19.4 Å². The van der Waals surface area contributed by atoms with E-state index in [2.05, 4.69) is 0 Å². The van der Waals surface area contributed by atoms with Crippen LogP contribution in [0.3, 0.4) is 0 Å². The van der Waals surface area contributed by atoms with Crippen LogP contribution in [0, 0.1) is 0 Å². The fourth-order valence-electron chi connectivity index (χ4n) is 2.11. The van der Waals surface area contributed by atoms with Crippen molar-refractivity contribution in [2.45, 2.75) is 12.3 Å². The topological polar surface area (TPSA) is 63.6 Å². The zero-order chi connectivity index (χ0) is 15.2. The number of carbonyl (C=O) groups excluding carboxylic acids is 1.